The van der Waals surface area contributed by atoms with Crippen LogP contribution < -0.4 is 9.64 Å². The fourth-order valence-corrected chi connectivity index (χ4v) is 5.18. The van der Waals surface area contributed by atoms with Gasteiger partial charge in [-0.3, -0.25) is 0 Å². The summed E-state index contributed by atoms with van der Waals surface area (Å²) < 4.78 is 46.4. The van der Waals surface area contributed by atoms with Crippen molar-refractivity contribution in [1.29, 1.82) is 0 Å². The third kappa shape index (κ3) is 3.62. The summed E-state index contributed by atoms with van der Waals surface area (Å²) in [5, 5.41) is 9.10. The summed E-state index contributed by atoms with van der Waals surface area (Å²) in [6.07, 6.45) is -2.19. The maximum atomic E-state index is 14.8. The number of amides is 1. The zero-order valence-electron chi connectivity index (χ0n) is 15.6. The molecule has 2 aromatic rings. The summed E-state index contributed by atoms with van der Waals surface area (Å²) in [6, 6.07) is 12.2. The van der Waals surface area contributed by atoms with E-state index in [1.807, 2.05) is 4.90 Å². The number of anilines is 1. The summed E-state index contributed by atoms with van der Waals surface area (Å²) in [7, 11) is -3.72. The van der Waals surface area contributed by atoms with Crippen LogP contribution in [0.5, 0.6) is 5.75 Å². The van der Waals surface area contributed by atoms with E-state index in [2.05, 4.69) is 0 Å². The monoisotopic (exact) mass is 420 g/mol. The molecule has 1 amide bonds. The van der Waals surface area contributed by atoms with Crippen LogP contribution in [-0.2, 0) is 9.84 Å². The maximum Gasteiger partial charge on any atom is 0.407 e. The van der Waals surface area contributed by atoms with Gasteiger partial charge in [0.05, 0.1) is 34.6 Å². The number of rotatable bonds is 3. The molecule has 1 fully saturated rings. The van der Waals surface area contributed by atoms with Gasteiger partial charge in [-0.05, 0) is 36.8 Å². The maximum absolute atomic E-state index is 14.8. The van der Waals surface area contributed by atoms with E-state index < -0.39 is 28.1 Å². The van der Waals surface area contributed by atoms with Gasteiger partial charge in [0.15, 0.2) is 0 Å². The first kappa shape index (κ1) is 19.5. The van der Waals surface area contributed by atoms with Gasteiger partial charge in [-0.2, -0.15) is 0 Å². The van der Waals surface area contributed by atoms with Gasteiger partial charge in [-0.25, -0.2) is 17.6 Å². The van der Waals surface area contributed by atoms with E-state index in [1.54, 1.807) is 24.3 Å². The first-order chi connectivity index (χ1) is 13.9. The number of fused-ring (bicyclic) bond motifs is 1. The number of halogens is 1. The largest absolute Gasteiger partial charge is 0.490 e. The van der Waals surface area contributed by atoms with Gasteiger partial charge in [0, 0.05) is 6.54 Å². The van der Waals surface area contributed by atoms with Crippen molar-refractivity contribution in [3.63, 3.8) is 0 Å². The average molecular weight is 420 g/mol. The average Bonchev–Trinajstić information content (AvgIpc) is 2.73. The number of hydrogen-bond acceptors (Lipinski definition) is 5. The van der Waals surface area contributed by atoms with Crippen molar-refractivity contribution in [2.45, 2.75) is 28.4 Å². The normalized spacial score (nSPS) is 22.0. The Hall–Kier alpha value is -2.81. The van der Waals surface area contributed by atoms with Gasteiger partial charge in [-0.15, -0.1) is 0 Å². The predicted octanol–water partition coefficient (Wildman–Crippen LogP) is 2.81. The third-order valence-corrected chi connectivity index (χ3v) is 7.14. The van der Waals surface area contributed by atoms with Crippen molar-refractivity contribution in [2.24, 2.45) is 0 Å². The quantitative estimate of drug-likeness (QED) is 0.822. The van der Waals surface area contributed by atoms with Crippen LogP contribution >= 0.6 is 0 Å². The third-order valence-electron chi connectivity index (χ3n) is 5.37. The van der Waals surface area contributed by atoms with Gasteiger partial charge >= 0.3 is 6.09 Å². The van der Waals surface area contributed by atoms with Crippen LogP contribution in [0.3, 0.4) is 0 Å². The van der Waals surface area contributed by atoms with Crippen molar-refractivity contribution in [3.8, 4) is 5.75 Å². The Balaban J connectivity index is 1.67. The molecule has 2 heterocycles. The minimum absolute atomic E-state index is 0.108. The Morgan fingerprint density at radius 1 is 1.10 bits per heavy atom. The van der Waals surface area contributed by atoms with E-state index in [0.29, 0.717) is 31.0 Å². The van der Waals surface area contributed by atoms with Gasteiger partial charge in [0.2, 0.25) is 9.84 Å². The number of carbonyl (C=O) groups is 1. The van der Waals surface area contributed by atoms with Crippen LogP contribution in [0.1, 0.15) is 6.42 Å². The molecule has 1 N–H and O–H groups in total. The Morgan fingerprint density at radius 3 is 2.55 bits per heavy atom. The molecule has 4 rings (SSSR count). The van der Waals surface area contributed by atoms with Crippen molar-refractivity contribution < 1.29 is 27.4 Å². The number of hydrogen-bond donors (Lipinski definition) is 1. The predicted molar refractivity (Wildman–Crippen MR) is 104 cm³/mol. The highest BCUT2D eigenvalue weighted by Gasteiger charge is 2.37. The topological polar surface area (TPSA) is 87.2 Å². The highest BCUT2D eigenvalue weighted by molar-refractivity contribution is 7.91. The molecule has 2 aliphatic rings. The number of carboxylic acid groups (broad SMARTS) is 1. The minimum Gasteiger partial charge on any atom is -0.490 e. The van der Waals surface area contributed by atoms with E-state index >= 15 is 0 Å². The SMILES string of the molecule is O=C(O)N1CCC(N2CCOc3ccc(S(=O)(=O)c4ccccc4)cc32)C(F)C1. The molecule has 9 heteroatoms. The van der Waals surface area contributed by atoms with Gasteiger partial charge in [0.25, 0.3) is 0 Å². The fourth-order valence-electron chi connectivity index (χ4n) is 3.88. The molecule has 0 bridgehead atoms. The highest BCUT2D eigenvalue weighted by atomic mass is 32.2. The van der Waals surface area contributed by atoms with Crippen molar-refractivity contribution in [2.75, 3.05) is 31.1 Å². The highest BCUT2D eigenvalue weighted by Crippen LogP contribution is 2.38. The summed E-state index contributed by atoms with van der Waals surface area (Å²) in [5.41, 5.74) is 0.518. The lowest BCUT2D eigenvalue weighted by Crippen LogP contribution is -2.55. The number of likely N-dealkylation sites (tertiary alicyclic amines) is 1. The first-order valence-electron chi connectivity index (χ1n) is 9.33. The van der Waals surface area contributed by atoms with Crippen LogP contribution in [0.25, 0.3) is 0 Å². The molecule has 2 aromatic carbocycles. The van der Waals surface area contributed by atoms with Crippen LogP contribution in [0, 0.1) is 0 Å². The number of ether oxygens (including phenoxy) is 1. The standard InChI is InChI=1S/C20H21FN2O5S/c21-16-13-22(20(24)25)9-8-17(16)23-10-11-28-19-7-6-15(12-18(19)23)29(26,27)14-4-2-1-3-5-14/h1-7,12,16-17H,8-11,13H2,(H,24,25). The Bertz CT molecular complexity index is 1010. The van der Waals surface area contributed by atoms with Gasteiger partial charge in [0.1, 0.15) is 18.5 Å². The Labute approximate surface area is 168 Å². The summed E-state index contributed by atoms with van der Waals surface area (Å²) in [4.78, 5) is 14.3. The molecule has 0 aliphatic carbocycles. The van der Waals surface area contributed by atoms with Crippen molar-refractivity contribution >= 4 is 21.6 Å². The second-order valence-corrected chi connectivity index (χ2v) is 9.04. The number of nitrogens with zero attached hydrogens (tertiary/aromatic N) is 2. The molecule has 2 atom stereocenters. The number of sulfone groups is 1. The molecule has 0 spiro atoms. The molecule has 29 heavy (non-hydrogen) atoms. The number of benzene rings is 2. The van der Waals surface area contributed by atoms with Gasteiger partial charge < -0.3 is 19.6 Å². The van der Waals surface area contributed by atoms with Gasteiger partial charge in [-0.1, -0.05) is 18.2 Å². The van der Waals surface area contributed by atoms with E-state index in [-0.39, 0.29) is 22.9 Å². The molecule has 2 aliphatic heterocycles. The number of piperidine rings is 1. The molecule has 0 aromatic heterocycles. The Morgan fingerprint density at radius 2 is 1.86 bits per heavy atom. The molecule has 0 radical (unpaired) electrons. The molecule has 2 unspecified atom stereocenters. The Kier molecular flexibility index (Phi) is 5.08. The minimum atomic E-state index is -3.72. The molecular formula is C20H21FN2O5S. The lowest BCUT2D eigenvalue weighted by molar-refractivity contribution is 0.0934. The fraction of sp³-hybridized carbons (Fsp3) is 0.350. The second kappa shape index (κ2) is 7.55. The van der Waals surface area contributed by atoms with Crippen molar-refractivity contribution in [1.82, 2.24) is 4.90 Å². The summed E-state index contributed by atoms with van der Waals surface area (Å²) in [6.45, 7) is 0.785. The van der Waals surface area contributed by atoms with E-state index in [0.717, 1.165) is 4.90 Å². The first-order valence-corrected chi connectivity index (χ1v) is 10.8. The summed E-state index contributed by atoms with van der Waals surface area (Å²) >= 11 is 0. The lowest BCUT2D eigenvalue weighted by atomic mass is 10.00. The smallest absolute Gasteiger partial charge is 0.407 e. The lowest BCUT2D eigenvalue weighted by Gasteiger charge is -2.43. The van der Waals surface area contributed by atoms with Crippen LogP contribution in [0.2, 0.25) is 0 Å². The van der Waals surface area contributed by atoms with Crippen molar-refractivity contribution in [3.05, 3.63) is 48.5 Å². The van der Waals surface area contributed by atoms with E-state index in [1.165, 1.54) is 24.3 Å². The second-order valence-electron chi connectivity index (χ2n) is 7.09. The van der Waals surface area contributed by atoms with Crippen LogP contribution in [0.4, 0.5) is 14.9 Å². The molecular weight excluding hydrogens is 399 g/mol. The number of alkyl halides is 1. The molecule has 0 saturated carbocycles. The molecule has 7 nitrogen and oxygen atoms in total. The summed E-state index contributed by atoms with van der Waals surface area (Å²) in [5.74, 6) is 0.496. The zero-order chi connectivity index (χ0) is 20.6. The van der Waals surface area contributed by atoms with Crippen LogP contribution in [-0.4, -0.2) is 63.0 Å². The van der Waals surface area contributed by atoms with E-state index in [9.17, 15) is 17.6 Å². The van der Waals surface area contributed by atoms with Crippen LogP contribution in [0.15, 0.2) is 58.3 Å². The zero-order valence-corrected chi connectivity index (χ0v) is 16.4. The molecule has 154 valence electrons. The van der Waals surface area contributed by atoms with E-state index in [4.69, 9.17) is 9.84 Å². The molecule has 1 saturated heterocycles.